The summed E-state index contributed by atoms with van der Waals surface area (Å²) in [6.07, 6.45) is 13.7. The number of rotatable bonds is 5. The van der Waals surface area contributed by atoms with E-state index in [1.54, 1.807) is 6.20 Å². The number of allylic oxidation sites excluding steroid dienone is 6. The third kappa shape index (κ3) is 5.30. The monoisotopic (exact) mass is 254 g/mol. The van der Waals surface area contributed by atoms with Gasteiger partial charge in [0.25, 0.3) is 0 Å². The van der Waals surface area contributed by atoms with Crippen LogP contribution in [0, 0.1) is 6.92 Å². The van der Waals surface area contributed by atoms with Gasteiger partial charge in [0.15, 0.2) is 0 Å². The van der Waals surface area contributed by atoms with Gasteiger partial charge in [0.1, 0.15) is 0 Å². The van der Waals surface area contributed by atoms with Crippen LogP contribution < -0.4 is 11.5 Å². The van der Waals surface area contributed by atoms with Crippen molar-refractivity contribution in [2.45, 2.75) is 20.3 Å². The molecular formula is C17H22N2. The van der Waals surface area contributed by atoms with Crippen molar-refractivity contribution >= 4 is 5.57 Å². The summed E-state index contributed by atoms with van der Waals surface area (Å²) in [5.74, 6) is 0. The largest absolute Gasteiger partial charge is 0.405 e. The zero-order chi connectivity index (χ0) is 14.1. The second-order valence-electron chi connectivity index (χ2n) is 4.46. The van der Waals surface area contributed by atoms with Crippen molar-refractivity contribution in [1.29, 1.82) is 0 Å². The Morgan fingerprint density at radius 2 is 1.79 bits per heavy atom. The molecule has 4 N–H and O–H groups in total. The smallest absolute Gasteiger partial charge is 0.00623 e. The summed E-state index contributed by atoms with van der Waals surface area (Å²) in [4.78, 5) is 0. The number of benzene rings is 1. The topological polar surface area (TPSA) is 52.0 Å². The molecular weight excluding hydrogens is 232 g/mol. The lowest BCUT2D eigenvalue weighted by atomic mass is 9.99. The Hall–Kier alpha value is -2.22. The summed E-state index contributed by atoms with van der Waals surface area (Å²) in [5, 5.41) is 0. The normalized spacial score (nSPS) is 13.1. The van der Waals surface area contributed by atoms with Crippen LogP contribution in [0.25, 0.3) is 5.57 Å². The number of hydrogen-bond donors (Lipinski definition) is 2. The van der Waals surface area contributed by atoms with Crippen molar-refractivity contribution in [2.75, 3.05) is 0 Å². The van der Waals surface area contributed by atoms with Crippen LogP contribution in [-0.2, 0) is 6.42 Å². The molecule has 2 heteroatoms. The molecule has 100 valence electrons. The fraction of sp³-hybridized carbons (Fsp3) is 0.176. The zero-order valence-corrected chi connectivity index (χ0v) is 11.6. The average Bonchev–Trinajstić information content (AvgIpc) is 2.40. The summed E-state index contributed by atoms with van der Waals surface area (Å²) >= 11 is 0. The molecule has 0 heterocycles. The fourth-order valence-electron chi connectivity index (χ4n) is 1.85. The summed E-state index contributed by atoms with van der Waals surface area (Å²) in [6.45, 7) is 4.20. The highest BCUT2D eigenvalue weighted by atomic mass is 14.5. The minimum absolute atomic E-state index is 0.902. The van der Waals surface area contributed by atoms with E-state index in [-0.39, 0.29) is 0 Å². The van der Waals surface area contributed by atoms with Crippen LogP contribution in [0.2, 0.25) is 0 Å². The highest BCUT2D eigenvalue weighted by Crippen LogP contribution is 2.18. The third-order valence-electron chi connectivity index (χ3n) is 2.76. The van der Waals surface area contributed by atoms with Crippen LogP contribution in [-0.4, -0.2) is 0 Å². The van der Waals surface area contributed by atoms with Gasteiger partial charge in [-0.1, -0.05) is 42.0 Å². The zero-order valence-electron chi connectivity index (χ0n) is 11.6. The van der Waals surface area contributed by atoms with Crippen LogP contribution in [0.1, 0.15) is 23.6 Å². The van der Waals surface area contributed by atoms with E-state index in [4.69, 9.17) is 11.5 Å². The van der Waals surface area contributed by atoms with Crippen molar-refractivity contribution in [3.63, 3.8) is 0 Å². The number of hydrogen-bond acceptors (Lipinski definition) is 2. The second-order valence-corrected chi connectivity index (χ2v) is 4.46. The van der Waals surface area contributed by atoms with Gasteiger partial charge >= 0.3 is 0 Å². The Morgan fingerprint density at radius 3 is 2.47 bits per heavy atom. The van der Waals surface area contributed by atoms with Crippen molar-refractivity contribution in [3.8, 4) is 0 Å². The summed E-state index contributed by atoms with van der Waals surface area (Å²) in [6, 6.07) is 6.59. The predicted molar refractivity (Wildman–Crippen MR) is 84.3 cm³/mol. The molecule has 0 aliphatic rings. The summed E-state index contributed by atoms with van der Waals surface area (Å²) in [7, 11) is 0. The van der Waals surface area contributed by atoms with E-state index >= 15 is 0 Å². The van der Waals surface area contributed by atoms with Gasteiger partial charge in [-0.2, -0.15) is 0 Å². The highest BCUT2D eigenvalue weighted by molar-refractivity contribution is 5.66. The van der Waals surface area contributed by atoms with E-state index in [2.05, 4.69) is 38.1 Å². The molecule has 1 rings (SSSR count). The molecule has 2 nitrogen and oxygen atoms in total. The van der Waals surface area contributed by atoms with Gasteiger partial charge in [-0.15, -0.1) is 0 Å². The van der Waals surface area contributed by atoms with Crippen molar-refractivity contribution in [1.82, 2.24) is 0 Å². The second kappa shape index (κ2) is 7.98. The third-order valence-corrected chi connectivity index (χ3v) is 2.76. The summed E-state index contributed by atoms with van der Waals surface area (Å²) in [5.41, 5.74) is 15.6. The Kier molecular flexibility index (Phi) is 6.23. The molecule has 0 aromatic heterocycles. The van der Waals surface area contributed by atoms with Crippen LogP contribution in [0.15, 0.2) is 61.0 Å². The van der Waals surface area contributed by atoms with Gasteiger partial charge in [-0.3, -0.25) is 0 Å². The molecule has 0 bridgehead atoms. The Balaban J connectivity index is 2.94. The lowest BCUT2D eigenvalue weighted by Crippen LogP contribution is -1.88. The molecule has 1 aromatic carbocycles. The molecule has 19 heavy (non-hydrogen) atoms. The van der Waals surface area contributed by atoms with Crippen LogP contribution >= 0.6 is 0 Å². The first kappa shape index (κ1) is 14.8. The summed E-state index contributed by atoms with van der Waals surface area (Å²) < 4.78 is 0. The Labute approximate surface area is 115 Å². The van der Waals surface area contributed by atoms with Crippen LogP contribution in [0.3, 0.4) is 0 Å². The minimum atomic E-state index is 0.902. The standard InChI is InChI=1S/C17H22N2/c1-14-11-16(8-4-3-5-9-18)13-17(12-14)15(2)7-6-10-19/h3-7,9-13H,8,18-19H2,1-2H3/b4-3-,9-5-,10-6-,15-7+. The maximum absolute atomic E-state index is 5.36. The molecule has 0 aliphatic carbocycles. The molecule has 0 saturated heterocycles. The maximum Gasteiger partial charge on any atom is -0.00623 e. The lowest BCUT2D eigenvalue weighted by molar-refractivity contribution is 1.24. The van der Waals surface area contributed by atoms with Gasteiger partial charge in [0.05, 0.1) is 0 Å². The first-order valence-corrected chi connectivity index (χ1v) is 6.37. The highest BCUT2D eigenvalue weighted by Gasteiger charge is 1.99. The Morgan fingerprint density at radius 1 is 1.05 bits per heavy atom. The molecule has 0 atom stereocenters. The van der Waals surface area contributed by atoms with Crippen molar-refractivity contribution in [3.05, 3.63) is 77.7 Å². The van der Waals surface area contributed by atoms with E-state index in [0.717, 1.165) is 6.42 Å². The van der Waals surface area contributed by atoms with E-state index in [1.165, 1.54) is 28.5 Å². The van der Waals surface area contributed by atoms with Gasteiger partial charge in [-0.05, 0) is 61.5 Å². The van der Waals surface area contributed by atoms with E-state index in [1.807, 2.05) is 24.3 Å². The molecule has 0 spiro atoms. The lowest BCUT2D eigenvalue weighted by Gasteiger charge is -2.06. The van der Waals surface area contributed by atoms with Crippen molar-refractivity contribution < 1.29 is 0 Å². The quantitative estimate of drug-likeness (QED) is 0.791. The average molecular weight is 254 g/mol. The van der Waals surface area contributed by atoms with Gasteiger partial charge in [0, 0.05) is 0 Å². The van der Waals surface area contributed by atoms with E-state index in [0.29, 0.717) is 0 Å². The molecule has 0 fully saturated rings. The first-order chi connectivity index (χ1) is 9.17. The Bertz CT molecular complexity index is 520. The molecule has 0 unspecified atom stereocenters. The molecule has 0 aliphatic heterocycles. The first-order valence-electron chi connectivity index (χ1n) is 6.37. The van der Waals surface area contributed by atoms with E-state index in [9.17, 15) is 0 Å². The van der Waals surface area contributed by atoms with Crippen LogP contribution in [0.4, 0.5) is 0 Å². The molecule has 0 saturated carbocycles. The minimum Gasteiger partial charge on any atom is -0.405 e. The maximum atomic E-state index is 5.36. The number of nitrogens with two attached hydrogens (primary N) is 2. The predicted octanol–water partition coefficient (Wildman–Crippen LogP) is 3.44. The number of aryl methyl sites for hydroxylation is 1. The van der Waals surface area contributed by atoms with Gasteiger partial charge < -0.3 is 11.5 Å². The molecule has 0 amide bonds. The van der Waals surface area contributed by atoms with Gasteiger partial charge in [-0.25, -0.2) is 0 Å². The fourth-order valence-corrected chi connectivity index (χ4v) is 1.85. The molecule has 0 radical (unpaired) electrons. The van der Waals surface area contributed by atoms with E-state index < -0.39 is 0 Å². The van der Waals surface area contributed by atoms with Gasteiger partial charge in [0.2, 0.25) is 0 Å². The van der Waals surface area contributed by atoms with Crippen molar-refractivity contribution in [2.24, 2.45) is 11.5 Å². The SMILES string of the molecule is C/C(=C\C=C/N)c1cc(C)cc(C/C=C\C=C/N)c1. The molecule has 1 aromatic rings. The van der Waals surface area contributed by atoms with Crippen LogP contribution in [0.5, 0.6) is 0 Å².